The van der Waals surface area contributed by atoms with Gasteiger partial charge >= 0.3 is 5.97 Å². The number of nitrogens with zero attached hydrogens (tertiary/aromatic N) is 5. The van der Waals surface area contributed by atoms with E-state index in [9.17, 15) is 4.79 Å². The predicted octanol–water partition coefficient (Wildman–Crippen LogP) is 1.15. The van der Waals surface area contributed by atoms with Crippen LogP contribution in [0.15, 0.2) is 36.8 Å². The maximum atomic E-state index is 11.5. The fourth-order valence-electron chi connectivity index (χ4n) is 1.90. The van der Waals surface area contributed by atoms with Crippen LogP contribution in [0.5, 0.6) is 0 Å². The van der Waals surface area contributed by atoms with E-state index < -0.39 is 5.97 Å². The van der Waals surface area contributed by atoms with Crippen LogP contribution in [0.4, 0.5) is 0 Å². The number of pyridine rings is 1. The molecule has 0 N–H and O–H groups in total. The van der Waals surface area contributed by atoms with Crippen LogP contribution in [0, 0.1) is 0 Å². The summed E-state index contributed by atoms with van der Waals surface area (Å²) < 4.78 is 8.36. The molecule has 102 valence electrons. The molecule has 0 aromatic carbocycles. The molecule has 3 rings (SSSR count). The summed E-state index contributed by atoms with van der Waals surface area (Å²) in [6.45, 7) is 2.52. The molecule has 0 radical (unpaired) electrons. The van der Waals surface area contributed by atoms with Gasteiger partial charge in [0, 0.05) is 12.4 Å². The lowest BCUT2D eigenvalue weighted by Gasteiger charge is -1.96. The second kappa shape index (κ2) is 5.12. The highest BCUT2D eigenvalue weighted by atomic mass is 16.5. The van der Waals surface area contributed by atoms with Gasteiger partial charge < -0.3 is 9.14 Å². The molecule has 0 aliphatic carbocycles. The number of aromatic nitrogens is 5. The summed E-state index contributed by atoms with van der Waals surface area (Å²) in [5.41, 5.74) is 1.92. The lowest BCUT2D eigenvalue weighted by Crippen LogP contribution is -2.05. The third-order valence-corrected chi connectivity index (χ3v) is 2.76. The monoisotopic (exact) mass is 271 g/mol. The Morgan fingerprint density at radius 2 is 2.25 bits per heavy atom. The highest BCUT2D eigenvalue weighted by Gasteiger charge is 2.12. The summed E-state index contributed by atoms with van der Waals surface area (Å²) in [6, 6.07) is 5.79. The van der Waals surface area contributed by atoms with Gasteiger partial charge in [0.2, 0.25) is 0 Å². The van der Waals surface area contributed by atoms with Crippen molar-refractivity contribution in [3.8, 4) is 0 Å². The number of carbonyl (C=O) groups excluding carboxylic acids is 1. The van der Waals surface area contributed by atoms with Gasteiger partial charge in [0.15, 0.2) is 5.69 Å². The third kappa shape index (κ3) is 2.37. The molecule has 0 spiro atoms. The first-order chi connectivity index (χ1) is 9.76. The van der Waals surface area contributed by atoms with Crippen molar-refractivity contribution >= 4 is 11.6 Å². The number of hydrogen-bond donors (Lipinski definition) is 0. The van der Waals surface area contributed by atoms with Crippen LogP contribution in [-0.4, -0.2) is 37.0 Å². The predicted molar refractivity (Wildman–Crippen MR) is 70.3 cm³/mol. The molecule has 0 atom stereocenters. The quantitative estimate of drug-likeness (QED) is 0.665. The van der Waals surface area contributed by atoms with Gasteiger partial charge in [-0.3, -0.25) is 0 Å². The fraction of sp³-hybridized carbons (Fsp3) is 0.231. The second-order valence-corrected chi connectivity index (χ2v) is 4.22. The van der Waals surface area contributed by atoms with E-state index in [1.807, 2.05) is 35.0 Å². The van der Waals surface area contributed by atoms with Crippen molar-refractivity contribution in [2.45, 2.75) is 13.5 Å². The first-order valence-electron chi connectivity index (χ1n) is 6.26. The summed E-state index contributed by atoms with van der Waals surface area (Å²) in [5, 5.41) is 7.69. The molecule has 0 aliphatic rings. The van der Waals surface area contributed by atoms with Crippen molar-refractivity contribution in [2.75, 3.05) is 6.61 Å². The van der Waals surface area contributed by atoms with Gasteiger partial charge in [-0.2, -0.15) is 0 Å². The zero-order chi connectivity index (χ0) is 13.9. The van der Waals surface area contributed by atoms with E-state index >= 15 is 0 Å². The second-order valence-electron chi connectivity index (χ2n) is 4.22. The Labute approximate surface area is 114 Å². The number of carbonyl (C=O) groups is 1. The molecule has 3 heterocycles. The summed E-state index contributed by atoms with van der Waals surface area (Å²) >= 11 is 0. The first kappa shape index (κ1) is 12.3. The van der Waals surface area contributed by atoms with Gasteiger partial charge in [-0.05, 0) is 19.1 Å². The van der Waals surface area contributed by atoms with Crippen molar-refractivity contribution in [1.82, 2.24) is 24.4 Å². The minimum Gasteiger partial charge on any atom is -0.461 e. The van der Waals surface area contributed by atoms with Crippen molar-refractivity contribution in [2.24, 2.45) is 0 Å². The van der Waals surface area contributed by atoms with Crippen LogP contribution < -0.4 is 0 Å². The van der Waals surface area contributed by atoms with Crippen molar-refractivity contribution in [3.63, 3.8) is 0 Å². The molecular formula is C13H13N5O2. The smallest absolute Gasteiger partial charge is 0.360 e. The van der Waals surface area contributed by atoms with Crippen molar-refractivity contribution in [1.29, 1.82) is 0 Å². The van der Waals surface area contributed by atoms with E-state index in [2.05, 4.69) is 15.3 Å². The van der Waals surface area contributed by atoms with Gasteiger partial charge in [-0.25, -0.2) is 14.5 Å². The maximum absolute atomic E-state index is 11.5. The van der Waals surface area contributed by atoms with E-state index in [-0.39, 0.29) is 5.69 Å². The maximum Gasteiger partial charge on any atom is 0.360 e. The van der Waals surface area contributed by atoms with Crippen LogP contribution >= 0.6 is 0 Å². The Hall–Kier alpha value is -2.70. The van der Waals surface area contributed by atoms with Crippen LogP contribution in [0.3, 0.4) is 0 Å². The van der Waals surface area contributed by atoms with Crippen LogP contribution in [0.2, 0.25) is 0 Å². The Morgan fingerprint density at radius 1 is 1.35 bits per heavy atom. The molecule has 0 unspecified atom stereocenters. The molecule has 20 heavy (non-hydrogen) atoms. The lowest BCUT2D eigenvalue weighted by atomic mass is 10.4. The number of fused-ring (bicyclic) bond motifs is 1. The van der Waals surface area contributed by atoms with E-state index in [1.54, 1.807) is 17.8 Å². The first-order valence-corrected chi connectivity index (χ1v) is 6.26. The molecule has 7 nitrogen and oxygen atoms in total. The molecular weight excluding hydrogens is 258 g/mol. The highest BCUT2D eigenvalue weighted by molar-refractivity contribution is 5.86. The zero-order valence-electron chi connectivity index (χ0n) is 10.9. The SMILES string of the molecule is CCOC(=O)c1cn(Cc2cn3ccccc3n2)nn1. The topological polar surface area (TPSA) is 74.3 Å². The van der Waals surface area contributed by atoms with Gasteiger partial charge in [0.1, 0.15) is 5.65 Å². The van der Waals surface area contributed by atoms with E-state index in [0.29, 0.717) is 13.2 Å². The van der Waals surface area contributed by atoms with Gasteiger partial charge in [-0.15, -0.1) is 5.10 Å². The van der Waals surface area contributed by atoms with Gasteiger partial charge in [0.05, 0.1) is 25.0 Å². The lowest BCUT2D eigenvalue weighted by molar-refractivity contribution is 0.0519. The summed E-state index contributed by atoms with van der Waals surface area (Å²) in [6.07, 6.45) is 5.40. The van der Waals surface area contributed by atoms with Crippen LogP contribution in [0.25, 0.3) is 5.65 Å². The fourth-order valence-corrected chi connectivity index (χ4v) is 1.90. The molecule has 0 saturated carbocycles. The molecule has 0 aliphatic heterocycles. The van der Waals surface area contributed by atoms with E-state index in [0.717, 1.165) is 11.3 Å². The summed E-state index contributed by atoms with van der Waals surface area (Å²) in [5.74, 6) is -0.464. The highest BCUT2D eigenvalue weighted by Crippen LogP contribution is 2.06. The summed E-state index contributed by atoms with van der Waals surface area (Å²) in [4.78, 5) is 16.0. The average molecular weight is 271 g/mol. The molecule has 0 bridgehead atoms. The number of rotatable bonds is 4. The minimum absolute atomic E-state index is 0.204. The molecule has 0 amide bonds. The number of ether oxygens (including phenoxy) is 1. The van der Waals surface area contributed by atoms with Gasteiger partial charge in [-0.1, -0.05) is 11.3 Å². The minimum atomic E-state index is -0.464. The Morgan fingerprint density at radius 3 is 3.05 bits per heavy atom. The molecule has 3 aromatic heterocycles. The van der Waals surface area contributed by atoms with Crippen molar-refractivity contribution < 1.29 is 9.53 Å². The number of hydrogen-bond acceptors (Lipinski definition) is 5. The average Bonchev–Trinajstić information content (AvgIpc) is 3.05. The van der Waals surface area contributed by atoms with Crippen molar-refractivity contribution in [3.05, 3.63) is 48.2 Å². The van der Waals surface area contributed by atoms with E-state index in [1.165, 1.54) is 0 Å². The number of esters is 1. The normalized spacial score (nSPS) is 10.8. The standard InChI is InChI=1S/C13H13N5O2/c1-2-20-13(19)11-9-18(16-15-11)8-10-7-17-6-4-3-5-12(17)14-10/h3-7,9H,2,8H2,1H3. The zero-order valence-corrected chi connectivity index (χ0v) is 10.9. The Bertz CT molecular complexity index is 713. The summed E-state index contributed by atoms with van der Waals surface area (Å²) in [7, 11) is 0. The Balaban J connectivity index is 1.79. The molecule has 0 fully saturated rings. The molecule has 3 aromatic rings. The largest absolute Gasteiger partial charge is 0.461 e. The molecule has 7 heteroatoms. The number of imidazole rings is 1. The molecule has 0 saturated heterocycles. The Kier molecular flexibility index (Phi) is 3.16. The van der Waals surface area contributed by atoms with Crippen LogP contribution in [0.1, 0.15) is 23.1 Å². The van der Waals surface area contributed by atoms with Crippen LogP contribution in [-0.2, 0) is 11.3 Å². The third-order valence-electron chi connectivity index (χ3n) is 2.76. The van der Waals surface area contributed by atoms with Gasteiger partial charge in [0.25, 0.3) is 0 Å². The van der Waals surface area contributed by atoms with E-state index in [4.69, 9.17) is 4.74 Å².